The van der Waals surface area contributed by atoms with E-state index in [9.17, 15) is 8.42 Å². The lowest BCUT2D eigenvalue weighted by Gasteiger charge is -2.24. The van der Waals surface area contributed by atoms with E-state index in [2.05, 4.69) is 0 Å². The Labute approximate surface area is 102 Å². The smallest absolute Gasteiger partial charge is 0.234 e. The van der Waals surface area contributed by atoms with Crippen molar-refractivity contribution in [2.75, 3.05) is 32.2 Å². The molecule has 0 heterocycles. The molecule has 0 amide bonds. The quantitative estimate of drug-likeness (QED) is 0.473. The SMILES string of the molecule is O=S(=O)(Cl)CCOCCOCCC1CCC1. The van der Waals surface area contributed by atoms with Crippen molar-refractivity contribution in [1.82, 2.24) is 0 Å². The third-order valence-electron chi connectivity index (χ3n) is 2.74. The monoisotopic (exact) mass is 270 g/mol. The maximum atomic E-state index is 10.5. The Morgan fingerprint density at radius 2 is 1.69 bits per heavy atom. The van der Waals surface area contributed by atoms with Gasteiger partial charge < -0.3 is 9.47 Å². The van der Waals surface area contributed by atoms with Crippen molar-refractivity contribution >= 4 is 19.7 Å². The molecule has 6 heteroatoms. The summed E-state index contributed by atoms with van der Waals surface area (Å²) in [6.45, 7) is 1.87. The second-order valence-electron chi connectivity index (χ2n) is 4.05. The fourth-order valence-electron chi connectivity index (χ4n) is 1.51. The molecule has 0 radical (unpaired) electrons. The van der Waals surface area contributed by atoms with Crippen LogP contribution in [0.3, 0.4) is 0 Å². The molecule has 1 aliphatic rings. The highest BCUT2D eigenvalue weighted by Crippen LogP contribution is 2.28. The van der Waals surface area contributed by atoms with Crippen LogP contribution in [-0.2, 0) is 18.5 Å². The van der Waals surface area contributed by atoms with Crippen LogP contribution < -0.4 is 0 Å². The van der Waals surface area contributed by atoms with Crippen molar-refractivity contribution in [2.45, 2.75) is 25.7 Å². The van der Waals surface area contributed by atoms with Crippen LogP contribution >= 0.6 is 10.7 Å². The van der Waals surface area contributed by atoms with Gasteiger partial charge in [-0.25, -0.2) is 8.42 Å². The normalized spacial score (nSPS) is 17.3. The predicted molar refractivity (Wildman–Crippen MR) is 63.2 cm³/mol. The van der Waals surface area contributed by atoms with Gasteiger partial charge >= 0.3 is 0 Å². The maximum Gasteiger partial charge on any atom is 0.234 e. The van der Waals surface area contributed by atoms with Gasteiger partial charge in [0.15, 0.2) is 0 Å². The van der Waals surface area contributed by atoms with Crippen LogP contribution in [0.5, 0.6) is 0 Å². The molecule has 1 rings (SSSR count). The summed E-state index contributed by atoms with van der Waals surface area (Å²) in [5.74, 6) is 0.721. The predicted octanol–water partition coefficient (Wildman–Crippen LogP) is 1.78. The number of hydrogen-bond donors (Lipinski definition) is 0. The van der Waals surface area contributed by atoms with Gasteiger partial charge in [-0.3, -0.25) is 0 Å². The Hall–Kier alpha value is 0.160. The van der Waals surface area contributed by atoms with E-state index < -0.39 is 9.05 Å². The van der Waals surface area contributed by atoms with Crippen molar-refractivity contribution in [1.29, 1.82) is 0 Å². The molecule has 0 aromatic carbocycles. The molecule has 4 nitrogen and oxygen atoms in total. The lowest BCUT2D eigenvalue weighted by Crippen LogP contribution is -2.15. The van der Waals surface area contributed by atoms with Crippen LogP contribution in [0.2, 0.25) is 0 Å². The Morgan fingerprint density at radius 1 is 1.06 bits per heavy atom. The van der Waals surface area contributed by atoms with Crippen LogP contribution in [0.1, 0.15) is 25.7 Å². The van der Waals surface area contributed by atoms with Crippen LogP contribution in [0, 0.1) is 5.92 Å². The zero-order valence-corrected chi connectivity index (χ0v) is 10.9. The summed E-state index contributed by atoms with van der Waals surface area (Å²) < 4.78 is 31.5. The first-order valence-corrected chi connectivity index (χ1v) is 8.13. The number of hydrogen-bond acceptors (Lipinski definition) is 4. The molecule has 1 aliphatic carbocycles. The fourth-order valence-corrected chi connectivity index (χ4v) is 2.02. The molecule has 0 saturated heterocycles. The Kier molecular flexibility index (Phi) is 6.65. The van der Waals surface area contributed by atoms with E-state index >= 15 is 0 Å². The first-order valence-electron chi connectivity index (χ1n) is 5.66. The zero-order valence-electron chi connectivity index (χ0n) is 9.36. The highest BCUT2D eigenvalue weighted by molar-refractivity contribution is 8.13. The van der Waals surface area contributed by atoms with Gasteiger partial charge in [-0.05, 0) is 12.3 Å². The van der Waals surface area contributed by atoms with Gasteiger partial charge in [-0.2, -0.15) is 0 Å². The molecule has 0 bridgehead atoms. The first-order chi connectivity index (χ1) is 7.58. The van der Waals surface area contributed by atoms with E-state index in [1.807, 2.05) is 0 Å². The summed E-state index contributed by atoms with van der Waals surface area (Å²) in [5.41, 5.74) is 0. The van der Waals surface area contributed by atoms with Crippen molar-refractivity contribution < 1.29 is 17.9 Å². The van der Waals surface area contributed by atoms with E-state index in [0.717, 1.165) is 18.9 Å². The summed E-state index contributed by atoms with van der Waals surface area (Å²) in [4.78, 5) is 0. The molecule has 16 heavy (non-hydrogen) atoms. The van der Waals surface area contributed by atoms with E-state index in [0.29, 0.717) is 13.2 Å². The first kappa shape index (κ1) is 14.2. The fraction of sp³-hybridized carbons (Fsp3) is 1.00. The number of rotatable bonds is 9. The highest BCUT2D eigenvalue weighted by atomic mass is 35.7. The van der Waals surface area contributed by atoms with E-state index in [1.165, 1.54) is 19.3 Å². The zero-order chi connectivity index (χ0) is 11.9. The topological polar surface area (TPSA) is 52.6 Å². The summed E-state index contributed by atoms with van der Waals surface area (Å²) in [6, 6.07) is 0. The minimum Gasteiger partial charge on any atom is -0.379 e. The van der Waals surface area contributed by atoms with Crippen molar-refractivity contribution in [3.63, 3.8) is 0 Å². The molecule has 0 spiro atoms. The lowest BCUT2D eigenvalue weighted by atomic mass is 9.83. The number of ether oxygens (including phenoxy) is 2. The Bertz CT molecular complexity index is 275. The van der Waals surface area contributed by atoms with Gasteiger partial charge in [-0.15, -0.1) is 0 Å². The summed E-state index contributed by atoms with van der Waals surface area (Å²) in [6.07, 6.45) is 5.18. The second kappa shape index (κ2) is 7.48. The molecule has 0 aromatic heterocycles. The average molecular weight is 271 g/mol. The lowest BCUT2D eigenvalue weighted by molar-refractivity contribution is 0.0438. The maximum absolute atomic E-state index is 10.5. The molecule has 0 aromatic rings. The van der Waals surface area contributed by atoms with E-state index in [1.54, 1.807) is 0 Å². The van der Waals surface area contributed by atoms with Crippen LogP contribution in [-0.4, -0.2) is 40.6 Å². The Balaban J connectivity index is 1.77. The molecule has 0 atom stereocenters. The average Bonchev–Trinajstić information content (AvgIpc) is 2.10. The van der Waals surface area contributed by atoms with Crippen molar-refractivity contribution in [3.8, 4) is 0 Å². The van der Waals surface area contributed by atoms with Crippen molar-refractivity contribution in [2.24, 2.45) is 5.92 Å². The second-order valence-corrected chi connectivity index (χ2v) is 6.95. The molecule has 1 fully saturated rings. The number of halogens is 1. The summed E-state index contributed by atoms with van der Waals surface area (Å²) >= 11 is 0. The van der Waals surface area contributed by atoms with Gasteiger partial charge in [0.1, 0.15) is 0 Å². The Morgan fingerprint density at radius 3 is 2.19 bits per heavy atom. The molecule has 0 unspecified atom stereocenters. The molecule has 96 valence electrons. The van der Waals surface area contributed by atoms with Gasteiger partial charge in [0.2, 0.25) is 9.05 Å². The molecule has 0 aliphatic heterocycles. The highest BCUT2D eigenvalue weighted by Gasteiger charge is 2.16. The van der Waals surface area contributed by atoms with Crippen LogP contribution in [0.4, 0.5) is 0 Å². The van der Waals surface area contributed by atoms with Crippen LogP contribution in [0.25, 0.3) is 0 Å². The van der Waals surface area contributed by atoms with E-state index in [-0.39, 0.29) is 12.4 Å². The largest absolute Gasteiger partial charge is 0.379 e. The van der Waals surface area contributed by atoms with Crippen molar-refractivity contribution in [3.05, 3.63) is 0 Å². The molecular weight excluding hydrogens is 252 g/mol. The van der Waals surface area contributed by atoms with Gasteiger partial charge in [-0.1, -0.05) is 19.3 Å². The minimum absolute atomic E-state index is 0.137. The molecular formula is C10H19ClO4S. The third-order valence-corrected chi connectivity index (χ3v) is 3.86. The van der Waals surface area contributed by atoms with Gasteiger partial charge in [0.05, 0.1) is 25.6 Å². The summed E-state index contributed by atoms with van der Waals surface area (Å²) in [5, 5.41) is 0. The molecule has 1 saturated carbocycles. The van der Waals surface area contributed by atoms with Gasteiger partial charge in [0, 0.05) is 17.3 Å². The van der Waals surface area contributed by atoms with E-state index in [4.69, 9.17) is 20.2 Å². The van der Waals surface area contributed by atoms with Crippen LogP contribution in [0.15, 0.2) is 0 Å². The third kappa shape index (κ3) is 7.44. The minimum atomic E-state index is -3.42. The van der Waals surface area contributed by atoms with Gasteiger partial charge in [0.25, 0.3) is 0 Å². The standard InChI is InChI=1S/C10H19ClO4S/c11-16(12,13)9-8-15-7-6-14-5-4-10-2-1-3-10/h10H,1-9H2. The summed E-state index contributed by atoms with van der Waals surface area (Å²) in [7, 11) is 1.59. The molecule has 0 N–H and O–H groups in total.